The Morgan fingerprint density at radius 3 is 2.42 bits per heavy atom. The largest absolute Gasteiger partial charge is 0.480 e. The van der Waals surface area contributed by atoms with Crippen LogP contribution in [0.3, 0.4) is 0 Å². The molecule has 1 unspecified atom stereocenters. The van der Waals surface area contributed by atoms with Crippen molar-refractivity contribution in [1.82, 2.24) is 0 Å². The predicted octanol–water partition coefficient (Wildman–Crippen LogP) is 3.34. The standard InChI is InChI=1S/C11H10Cl2N2O4/c1-2-3-9(11(16)17)14-10-7(12)4-6(15(18)19)5-8(10)13/h2,4-5,9,14H,1,3H2,(H,16,17). The topological polar surface area (TPSA) is 92.5 Å². The molecule has 0 aliphatic rings. The summed E-state index contributed by atoms with van der Waals surface area (Å²) in [5.74, 6) is -1.11. The number of nitrogens with one attached hydrogen (secondary N) is 1. The van der Waals surface area contributed by atoms with E-state index in [-0.39, 0.29) is 27.8 Å². The maximum Gasteiger partial charge on any atom is 0.326 e. The number of carboxylic acid groups (broad SMARTS) is 1. The number of carboxylic acids is 1. The number of rotatable bonds is 6. The van der Waals surface area contributed by atoms with Crippen molar-refractivity contribution in [2.75, 3.05) is 5.32 Å². The molecule has 6 nitrogen and oxygen atoms in total. The van der Waals surface area contributed by atoms with Gasteiger partial charge in [-0.3, -0.25) is 10.1 Å². The van der Waals surface area contributed by atoms with E-state index >= 15 is 0 Å². The van der Waals surface area contributed by atoms with Crippen LogP contribution in [0.15, 0.2) is 24.8 Å². The fourth-order valence-electron chi connectivity index (χ4n) is 1.37. The second-order valence-electron chi connectivity index (χ2n) is 3.60. The number of non-ortho nitro benzene ring substituents is 1. The lowest BCUT2D eigenvalue weighted by Gasteiger charge is -2.16. The first kappa shape index (κ1) is 15.3. The Bertz CT molecular complexity index is 510. The molecule has 0 radical (unpaired) electrons. The van der Waals surface area contributed by atoms with Crippen molar-refractivity contribution in [3.8, 4) is 0 Å². The minimum atomic E-state index is -1.11. The molecule has 8 heteroatoms. The Morgan fingerprint density at radius 2 is 2.05 bits per heavy atom. The van der Waals surface area contributed by atoms with Crippen LogP contribution in [0, 0.1) is 10.1 Å². The molecule has 2 N–H and O–H groups in total. The fourth-order valence-corrected chi connectivity index (χ4v) is 1.95. The normalized spacial score (nSPS) is 11.7. The Hall–Kier alpha value is -1.79. The van der Waals surface area contributed by atoms with Crippen molar-refractivity contribution < 1.29 is 14.8 Å². The van der Waals surface area contributed by atoms with E-state index in [1.165, 1.54) is 6.08 Å². The molecule has 1 rings (SSSR count). The van der Waals surface area contributed by atoms with Crippen molar-refractivity contribution in [1.29, 1.82) is 0 Å². The molecule has 0 saturated heterocycles. The summed E-state index contributed by atoms with van der Waals surface area (Å²) < 4.78 is 0. The quantitative estimate of drug-likeness (QED) is 0.477. The van der Waals surface area contributed by atoms with Gasteiger partial charge in [-0.05, 0) is 6.42 Å². The molecule has 0 spiro atoms. The lowest BCUT2D eigenvalue weighted by molar-refractivity contribution is -0.384. The first-order valence-corrected chi connectivity index (χ1v) is 5.86. The zero-order valence-electron chi connectivity index (χ0n) is 9.60. The number of nitro benzene ring substituents is 1. The van der Waals surface area contributed by atoms with Gasteiger partial charge in [0.1, 0.15) is 6.04 Å². The average Bonchev–Trinajstić information content (AvgIpc) is 2.31. The third-order valence-corrected chi connectivity index (χ3v) is 2.85. The van der Waals surface area contributed by atoms with Crippen molar-refractivity contribution in [3.63, 3.8) is 0 Å². The van der Waals surface area contributed by atoms with E-state index in [1.54, 1.807) is 0 Å². The molecule has 0 bridgehead atoms. The molecule has 0 aliphatic heterocycles. The number of hydrogen-bond acceptors (Lipinski definition) is 4. The van der Waals surface area contributed by atoms with Gasteiger partial charge in [0.2, 0.25) is 0 Å². The van der Waals surface area contributed by atoms with Gasteiger partial charge in [-0.15, -0.1) is 6.58 Å². The Labute approximate surface area is 118 Å². The zero-order chi connectivity index (χ0) is 14.6. The number of halogens is 2. The molecule has 0 aromatic heterocycles. The number of anilines is 1. The SMILES string of the molecule is C=CCC(Nc1c(Cl)cc([N+](=O)[O-])cc1Cl)C(=O)O. The van der Waals surface area contributed by atoms with Crippen LogP contribution in [0.5, 0.6) is 0 Å². The van der Waals surface area contributed by atoms with Crippen LogP contribution in [0.1, 0.15) is 6.42 Å². The molecule has 1 aromatic rings. The number of nitro groups is 1. The van der Waals surface area contributed by atoms with Gasteiger partial charge in [0.05, 0.1) is 20.7 Å². The molecule has 0 heterocycles. The molecule has 1 atom stereocenters. The minimum absolute atomic E-state index is 0.0190. The molecule has 102 valence electrons. The van der Waals surface area contributed by atoms with Crippen LogP contribution in [-0.4, -0.2) is 22.0 Å². The van der Waals surface area contributed by atoms with Crippen molar-refractivity contribution in [2.45, 2.75) is 12.5 Å². The molecular weight excluding hydrogens is 295 g/mol. The van der Waals surface area contributed by atoms with E-state index in [1.807, 2.05) is 0 Å². The maximum atomic E-state index is 11.0. The molecule has 1 aromatic carbocycles. The maximum absolute atomic E-state index is 11.0. The van der Waals surface area contributed by atoms with Gasteiger partial charge in [-0.1, -0.05) is 29.3 Å². The molecule has 19 heavy (non-hydrogen) atoms. The van der Waals surface area contributed by atoms with Crippen molar-refractivity contribution in [3.05, 3.63) is 44.9 Å². The average molecular weight is 305 g/mol. The number of nitrogens with zero attached hydrogens (tertiary/aromatic N) is 1. The summed E-state index contributed by atoms with van der Waals surface area (Å²) in [6.07, 6.45) is 1.58. The van der Waals surface area contributed by atoms with Crippen molar-refractivity contribution in [2.24, 2.45) is 0 Å². The summed E-state index contributed by atoms with van der Waals surface area (Å²) in [5, 5.41) is 22.2. The monoisotopic (exact) mass is 304 g/mol. The van der Waals surface area contributed by atoms with Crippen LogP contribution in [0.4, 0.5) is 11.4 Å². The summed E-state index contributed by atoms with van der Waals surface area (Å²) in [7, 11) is 0. The smallest absolute Gasteiger partial charge is 0.326 e. The third kappa shape index (κ3) is 3.84. The van der Waals surface area contributed by atoms with Crippen LogP contribution in [0.2, 0.25) is 10.0 Å². The van der Waals surface area contributed by atoms with Crippen LogP contribution < -0.4 is 5.32 Å². The highest BCUT2D eigenvalue weighted by molar-refractivity contribution is 6.39. The zero-order valence-corrected chi connectivity index (χ0v) is 11.1. The number of carbonyl (C=O) groups is 1. The van der Waals surface area contributed by atoms with Gasteiger partial charge in [-0.2, -0.15) is 0 Å². The van der Waals surface area contributed by atoms with E-state index < -0.39 is 16.9 Å². The fraction of sp³-hybridized carbons (Fsp3) is 0.182. The van der Waals surface area contributed by atoms with Gasteiger partial charge in [0.25, 0.3) is 5.69 Å². The third-order valence-electron chi connectivity index (χ3n) is 2.26. The second-order valence-corrected chi connectivity index (χ2v) is 4.42. The van der Waals surface area contributed by atoms with Crippen LogP contribution in [-0.2, 0) is 4.79 Å². The van der Waals surface area contributed by atoms with E-state index in [4.69, 9.17) is 28.3 Å². The van der Waals surface area contributed by atoms with Gasteiger partial charge in [0.15, 0.2) is 0 Å². The lowest BCUT2D eigenvalue weighted by atomic mass is 10.2. The second kappa shape index (κ2) is 6.40. The first-order chi connectivity index (χ1) is 8.86. The Balaban J connectivity index is 3.10. The first-order valence-electron chi connectivity index (χ1n) is 5.10. The highest BCUT2D eigenvalue weighted by atomic mass is 35.5. The number of hydrogen-bond donors (Lipinski definition) is 2. The van der Waals surface area contributed by atoms with Gasteiger partial charge < -0.3 is 10.4 Å². The summed E-state index contributed by atoms with van der Waals surface area (Å²) in [6, 6.07) is 1.24. The van der Waals surface area contributed by atoms with E-state index in [0.717, 1.165) is 12.1 Å². The summed E-state index contributed by atoms with van der Waals surface area (Å²) >= 11 is 11.7. The molecule has 0 amide bonds. The van der Waals surface area contributed by atoms with Gasteiger partial charge in [0, 0.05) is 12.1 Å². The van der Waals surface area contributed by atoms with E-state index in [2.05, 4.69) is 11.9 Å². The molecule has 0 fully saturated rings. The summed E-state index contributed by atoms with van der Waals surface area (Å²) in [5.41, 5.74) is -0.126. The summed E-state index contributed by atoms with van der Waals surface area (Å²) in [4.78, 5) is 21.0. The van der Waals surface area contributed by atoms with Crippen LogP contribution in [0.25, 0.3) is 0 Å². The Kier molecular flexibility index (Phi) is 5.14. The van der Waals surface area contributed by atoms with Crippen LogP contribution >= 0.6 is 23.2 Å². The molecule has 0 aliphatic carbocycles. The lowest BCUT2D eigenvalue weighted by Crippen LogP contribution is -2.28. The summed E-state index contributed by atoms with van der Waals surface area (Å²) in [6.45, 7) is 3.45. The molecule has 0 saturated carbocycles. The highest BCUT2D eigenvalue weighted by Crippen LogP contribution is 2.35. The number of aliphatic carboxylic acids is 1. The Morgan fingerprint density at radius 1 is 1.53 bits per heavy atom. The highest BCUT2D eigenvalue weighted by Gasteiger charge is 2.20. The van der Waals surface area contributed by atoms with Crippen molar-refractivity contribution >= 4 is 40.5 Å². The predicted molar refractivity (Wildman–Crippen MR) is 73.0 cm³/mol. The van der Waals surface area contributed by atoms with E-state index in [0.29, 0.717) is 0 Å². The van der Waals surface area contributed by atoms with Gasteiger partial charge >= 0.3 is 5.97 Å². The number of benzene rings is 1. The van der Waals surface area contributed by atoms with E-state index in [9.17, 15) is 14.9 Å². The minimum Gasteiger partial charge on any atom is -0.480 e. The van der Waals surface area contributed by atoms with Gasteiger partial charge in [-0.25, -0.2) is 4.79 Å². The molecular formula is C11H10Cl2N2O4.